The molecular weight excluding hydrogens is 324 g/mol. The van der Waals surface area contributed by atoms with Crippen molar-refractivity contribution in [1.82, 2.24) is 15.3 Å². The first kappa shape index (κ1) is 16.3. The average Bonchev–Trinajstić information content (AvgIpc) is 3.03. The lowest BCUT2D eigenvalue weighted by Crippen LogP contribution is -2.27. The second-order valence-electron chi connectivity index (χ2n) is 6.03. The highest BCUT2D eigenvalue weighted by Gasteiger charge is 2.15. The Kier molecular flexibility index (Phi) is 4.71. The van der Waals surface area contributed by atoms with Crippen molar-refractivity contribution in [1.29, 1.82) is 0 Å². The quantitative estimate of drug-likeness (QED) is 0.645. The van der Waals surface area contributed by atoms with Crippen molar-refractivity contribution in [2.45, 2.75) is 13.8 Å². The second kappa shape index (κ2) is 6.93. The Bertz CT molecular complexity index is 872. The number of rotatable bonds is 5. The van der Waals surface area contributed by atoms with Gasteiger partial charge in [0, 0.05) is 35.0 Å². The predicted octanol–water partition coefficient (Wildman–Crippen LogP) is 4.35. The Hall–Kier alpha value is -2.53. The molecule has 0 fully saturated rings. The Morgan fingerprint density at radius 2 is 2.17 bits per heavy atom. The molecule has 1 aromatic carbocycles. The van der Waals surface area contributed by atoms with Crippen molar-refractivity contribution in [2.75, 3.05) is 11.9 Å². The lowest BCUT2D eigenvalue weighted by Gasteiger charge is -2.11. The van der Waals surface area contributed by atoms with Crippen LogP contribution in [0.4, 0.5) is 11.5 Å². The van der Waals surface area contributed by atoms with Gasteiger partial charge in [0.15, 0.2) is 5.82 Å². The summed E-state index contributed by atoms with van der Waals surface area (Å²) >= 11 is 6.01. The van der Waals surface area contributed by atoms with Gasteiger partial charge in [-0.25, -0.2) is 4.98 Å². The highest BCUT2D eigenvalue weighted by molar-refractivity contribution is 6.30. The average molecular weight is 343 g/mol. The van der Waals surface area contributed by atoms with Crippen molar-refractivity contribution >= 4 is 39.9 Å². The van der Waals surface area contributed by atoms with Crippen LogP contribution in [0.3, 0.4) is 0 Å². The van der Waals surface area contributed by atoms with Gasteiger partial charge in [0.1, 0.15) is 0 Å². The molecular formula is C18H19ClN4O. The molecule has 2 aromatic heterocycles. The number of halogens is 1. The van der Waals surface area contributed by atoms with Crippen LogP contribution in [0.5, 0.6) is 0 Å². The highest BCUT2D eigenvalue weighted by Crippen LogP contribution is 2.27. The number of hydrogen-bond donors (Lipinski definition) is 3. The van der Waals surface area contributed by atoms with E-state index >= 15 is 0 Å². The van der Waals surface area contributed by atoms with Crippen molar-refractivity contribution in [3.8, 4) is 0 Å². The highest BCUT2D eigenvalue weighted by atomic mass is 35.5. The fourth-order valence-corrected chi connectivity index (χ4v) is 2.61. The fourth-order valence-electron chi connectivity index (χ4n) is 2.42. The van der Waals surface area contributed by atoms with E-state index in [4.69, 9.17) is 11.6 Å². The number of benzene rings is 1. The number of aromatic nitrogens is 2. The number of hydrogen-bond acceptors (Lipinski definition) is 3. The summed E-state index contributed by atoms with van der Waals surface area (Å²) in [5, 5.41) is 7.63. The number of H-pyrrole nitrogens is 1. The standard InChI is InChI=1S/C18H19ClN4O/c1-11(2)9-22-18(24)15-10-21-17(16-14(15)6-7-20-16)23-13-5-3-4-12(19)8-13/h3-8,10-11,20H,9H2,1-2H3,(H,21,23)(H,22,24). The predicted molar refractivity (Wildman–Crippen MR) is 98.0 cm³/mol. The number of carbonyl (C=O) groups excluding carboxylic acids is 1. The van der Waals surface area contributed by atoms with E-state index in [2.05, 4.69) is 34.4 Å². The van der Waals surface area contributed by atoms with Crippen LogP contribution < -0.4 is 10.6 Å². The van der Waals surface area contributed by atoms with Gasteiger partial charge < -0.3 is 15.6 Å². The first-order valence-corrected chi connectivity index (χ1v) is 8.19. The summed E-state index contributed by atoms with van der Waals surface area (Å²) < 4.78 is 0. The molecule has 0 aliphatic carbocycles. The van der Waals surface area contributed by atoms with E-state index in [0.29, 0.717) is 28.9 Å². The molecule has 6 heteroatoms. The van der Waals surface area contributed by atoms with Gasteiger partial charge in [0.25, 0.3) is 5.91 Å². The summed E-state index contributed by atoms with van der Waals surface area (Å²) in [6.45, 7) is 4.75. The number of pyridine rings is 1. The number of anilines is 2. The molecule has 0 spiro atoms. The van der Waals surface area contributed by atoms with Gasteiger partial charge in [-0.05, 0) is 30.2 Å². The number of nitrogens with one attached hydrogen (secondary N) is 3. The van der Waals surface area contributed by atoms with Crippen molar-refractivity contribution in [2.24, 2.45) is 5.92 Å². The zero-order valence-electron chi connectivity index (χ0n) is 13.6. The topological polar surface area (TPSA) is 69.8 Å². The molecule has 3 rings (SSSR count). The molecule has 0 bridgehead atoms. The van der Waals surface area contributed by atoms with Gasteiger partial charge in [-0.3, -0.25) is 4.79 Å². The maximum Gasteiger partial charge on any atom is 0.253 e. The van der Waals surface area contributed by atoms with Crippen LogP contribution in [-0.4, -0.2) is 22.4 Å². The zero-order valence-corrected chi connectivity index (χ0v) is 14.3. The molecule has 0 saturated heterocycles. The van der Waals surface area contributed by atoms with E-state index in [-0.39, 0.29) is 5.91 Å². The van der Waals surface area contributed by atoms with Gasteiger partial charge in [-0.15, -0.1) is 0 Å². The molecule has 124 valence electrons. The first-order valence-electron chi connectivity index (χ1n) is 7.81. The van der Waals surface area contributed by atoms with E-state index in [1.165, 1.54) is 0 Å². The zero-order chi connectivity index (χ0) is 17.1. The molecule has 2 heterocycles. The normalized spacial score (nSPS) is 11.0. The molecule has 24 heavy (non-hydrogen) atoms. The second-order valence-corrected chi connectivity index (χ2v) is 6.46. The third-order valence-corrected chi connectivity index (χ3v) is 3.83. The van der Waals surface area contributed by atoms with Crippen LogP contribution in [0.15, 0.2) is 42.7 Å². The Morgan fingerprint density at radius 3 is 2.92 bits per heavy atom. The molecule has 0 aliphatic heterocycles. The van der Waals surface area contributed by atoms with Gasteiger partial charge in [-0.2, -0.15) is 0 Å². The molecule has 0 radical (unpaired) electrons. The summed E-state index contributed by atoms with van der Waals surface area (Å²) in [6, 6.07) is 9.29. The molecule has 3 aromatic rings. The minimum atomic E-state index is -0.116. The Balaban J connectivity index is 1.91. The van der Waals surface area contributed by atoms with E-state index in [1.54, 1.807) is 12.4 Å². The Morgan fingerprint density at radius 1 is 1.33 bits per heavy atom. The molecule has 3 N–H and O–H groups in total. The van der Waals surface area contributed by atoms with E-state index in [9.17, 15) is 4.79 Å². The van der Waals surface area contributed by atoms with E-state index < -0.39 is 0 Å². The van der Waals surface area contributed by atoms with Crippen LogP contribution in [-0.2, 0) is 0 Å². The van der Waals surface area contributed by atoms with Crippen LogP contribution in [0.25, 0.3) is 10.9 Å². The number of nitrogens with zero attached hydrogens (tertiary/aromatic N) is 1. The largest absolute Gasteiger partial charge is 0.358 e. The molecule has 0 saturated carbocycles. The van der Waals surface area contributed by atoms with Crippen molar-refractivity contribution in [3.63, 3.8) is 0 Å². The minimum absolute atomic E-state index is 0.116. The molecule has 1 amide bonds. The molecule has 0 unspecified atom stereocenters. The smallest absolute Gasteiger partial charge is 0.253 e. The van der Waals surface area contributed by atoms with Crippen molar-refractivity contribution < 1.29 is 4.79 Å². The van der Waals surface area contributed by atoms with Crippen LogP contribution >= 0.6 is 11.6 Å². The summed E-state index contributed by atoms with van der Waals surface area (Å²) in [4.78, 5) is 19.9. The number of carbonyl (C=O) groups is 1. The molecule has 0 aliphatic rings. The lowest BCUT2D eigenvalue weighted by atomic mass is 10.1. The fraction of sp³-hybridized carbons (Fsp3) is 0.222. The van der Waals surface area contributed by atoms with Crippen molar-refractivity contribution in [3.05, 3.63) is 53.3 Å². The van der Waals surface area contributed by atoms with Gasteiger partial charge in [0.2, 0.25) is 0 Å². The SMILES string of the molecule is CC(C)CNC(=O)c1cnc(Nc2cccc(Cl)c2)c2[nH]ccc12. The van der Waals surface area contributed by atoms with Crippen LogP contribution in [0.2, 0.25) is 5.02 Å². The van der Waals surface area contributed by atoms with Crippen LogP contribution in [0, 0.1) is 5.92 Å². The number of amides is 1. The Labute approximate surface area is 145 Å². The monoisotopic (exact) mass is 342 g/mol. The van der Waals surface area contributed by atoms with E-state index in [1.807, 2.05) is 30.3 Å². The summed E-state index contributed by atoms with van der Waals surface area (Å²) in [5.74, 6) is 0.931. The maximum absolute atomic E-state index is 12.4. The summed E-state index contributed by atoms with van der Waals surface area (Å²) in [5.41, 5.74) is 2.18. The summed E-state index contributed by atoms with van der Waals surface area (Å²) in [6.07, 6.45) is 3.40. The summed E-state index contributed by atoms with van der Waals surface area (Å²) in [7, 11) is 0. The van der Waals surface area contributed by atoms with Gasteiger partial charge >= 0.3 is 0 Å². The first-order chi connectivity index (χ1) is 11.5. The van der Waals surface area contributed by atoms with Gasteiger partial charge in [-0.1, -0.05) is 31.5 Å². The third kappa shape index (κ3) is 3.51. The third-order valence-electron chi connectivity index (χ3n) is 3.60. The van der Waals surface area contributed by atoms with E-state index in [0.717, 1.165) is 16.6 Å². The maximum atomic E-state index is 12.4. The molecule has 0 atom stereocenters. The lowest BCUT2D eigenvalue weighted by molar-refractivity contribution is 0.0950. The van der Waals surface area contributed by atoms with Crippen LogP contribution in [0.1, 0.15) is 24.2 Å². The number of aromatic amines is 1. The minimum Gasteiger partial charge on any atom is -0.358 e. The molecule has 5 nitrogen and oxygen atoms in total. The number of fused-ring (bicyclic) bond motifs is 1. The van der Waals surface area contributed by atoms with Gasteiger partial charge in [0.05, 0.1) is 11.1 Å².